The highest BCUT2D eigenvalue weighted by molar-refractivity contribution is 5.72. The summed E-state index contributed by atoms with van der Waals surface area (Å²) in [6, 6.07) is -0.614. The van der Waals surface area contributed by atoms with E-state index in [2.05, 4.69) is 38.2 Å². The number of carboxylic acids is 1. The van der Waals surface area contributed by atoms with Crippen LogP contribution in [-0.4, -0.2) is 80.6 Å². The van der Waals surface area contributed by atoms with Crippen LogP contribution in [0, 0.1) is 0 Å². The van der Waals surface area contributed by atoms with E-state index in [1.807, 2.05) is 21.1 Å². The number of likely N-dealkylation sites (N-methyl/N-ethyl adjacent to an activating group) is 1. The lowest BCUT2D eigenvalue weighted by atomic mass is 10.1. The lowest BCUT2D eigenvalue weighted by molar-refractivity contribution is -0.887. The lowest BCUT2D eigenvalue weighted by Crippen LogP contribution is -2.50. The van der Waals surface area contributed by atoms with E-state index in [1.165, 1.54) is 154 Å². The fourth-order valence-corrected chi connectivity index (χ4v) is 7.26. The first-order valence-corrected chi connectivity index (χ1v) is 24.4. The second-order valence-electron chi connectivity index (χ2n) is 17.7. The second-order valence-corrected chi connectivity index (χ2v) is 17.7. The van der Waals surface area contributed by atoms with Crippen LogP contribution in [0.25, 0.3) is 0 Å². The summed E-state index contributed by atoms with van der Waals surface area (Å²) >= 11 is 0. The first-order valence-electron chi connectivity index (χ1n) is 24.4. The van der Waals surface area contributed by atoms with Gasteiger partial charge in [0.2, 0.25) is 0 Å². The van der Waals surface area contributed by atoms with E-state index in [-0.39, 0.29) is 36.2 Å². The van der Waals surface area contributed by atoms with Gasteiger partial charge in [-0.15, -0.1) is 0 Å². The standard InChI is InChI=1S/C50H93NO7/c1-6-8-10-12-14-16-18-20-22-24-26-28-30-32-34-36-38-40-48(52)57-45-46(44-56-43-42-47(50(54)55)51(3,4)5)58-49(53)41-39-37-35-33-31-29-27-25-23-21-19-17-15-13-11-9-7-2/h20-23,46-47H,6-19,24-45H2,1-5H3/p+1/b22-20+,23-21+. The number of nitrogens with zero attached hydrogens (tertiary/aromatic N) is 1. The van der Waals surface area contributed by atoms with Crippen LogP contribution >= 0.6 is 0 Å². The second kappa shape index (κ2) is 41.5. The van der Waals surface area contributed by atoms with Gasteiger partial charge in [-0.1, -0.05) is 167 Å². The number of hydrogen-bond donors (Lipinski definition) is 1. The molecule has 2 unspecified atom stereocenters. The van der Waals surface area contributed by atoms with Crippen molar-refractivity contribution in [2.75, 3.05) is 41.0 Å². The highest BCUT2D eigenvalue weighted by Crippen LogP contribution is 2.15. The summed E-state index contributed by atoms with van der Waals surface area (Å²) in [6.45, 7) is 4.74. The largest absolute Gasteiger partial charge is 0.477 e. The Morgan fingerprint density at radius 3 is 1.24 bits per heavy atom. The number of hydrogen-bond acceptors (Lipinski definition) is 6. The van der Waals surface area contributed by atoms with Crippen molar-refractivity contribution in [3.8, 4) is 0 Å². The molecule has 0 heterocycles. The quantitative estimate of drug-likeness (QED) is 0.0283. The minimum Gasteiger partial charge on any atom is -0.477 e. The Balaban J connectivity index is 4.28. The van der Waals surface area contributed by atoms with Crippen molar-refractivity contribution >= 4 is 17.9 Å². The average molecular weight is 821 g/mol. The van der Waals surface area contributed by atoms with Gasteiger partial charge in [-0.3, -0.25) is 9.59 Å². The minimum atomic E-state index is -0.874. The van der Waals surface area contributed by atoms with Gasteiger partial charge in [-0.2, -0.15) is 0 Å². The zero-order chi connectivity index (χ0) is 42.8. The monoisotopic (exact) mass is 821 g/mol. The van der Waals surface area contributed by atoms with Crippen LogP contribution in [0.1, 0.15) is 226 Å². The molecule has 8 nitrogen and oxygen atoms in total. The van der Waals surface area contributed by atoms with Crippen molar-refractivity contribution in [1.29, 1.82) is 0 Å². The van der Waals surface area contributed by atoms with E-state index in [1.54, 1.807) is 0 Å². The van der Waals surface area contributed by atoms with Crippen LogP contribution in [-0.2, 0) is 28.6 Å². The molecule has 0 aromatic rings. The van der Waals surface area contributed by atoms with Crippen LogP contribution in [0.4, 0.5) is 0 Å². The van der Waals surface area contributed by atoms with Crippen molar-refractivity contribution < 1.29 is 38.2 Å². The van der Waals surface area contributed by atoms with Gasteiger partial charge in [0.05, 0.1) is 34.4 Å². The molecular formula is C50H94NO7+. The maximum Gasteiger partial charge on any atom is 0.362 e. The summed E-state index contributed by atoms with van der Waals surface area (Å²) in [7, 11) is 5.53. The number of carbonyl (C=O) groups is 3. The van der Waals surface area contributed by atoms with E-state index in [0.717, 1.165) is 38.5 Å². The van der Waals surface area contributed by atoms with E-state index in [9.17, 15) is 19.5 Å². The molecule has 8 heteroatoms. The van der Waals surface area contributed by atoms with E-state index < -0.39 is 18.1 Å². The van der Waals surface area contributed by atoms with Gasteiger partial charge in [0, 0.05) is 19.3 Å². The summed E-state index contributed by atoms with van der Waals surface area (Å²) in [4.78, 5) is 37.1. The Bertz CT molecular complexity index is 1000. The number of carbonyl (C=O) groups excluding carboxylic acids is 2. The van der Waals surface area contributed by atoms with Crippen molar-refractivity contribution in [3.63, 3.8) is 0 Å². The third-order valence-electron chi connectivity index (χ3n) is 11.1. The number of allylic oxidation sites excluding steroid dienone is 4. The van der Waals surface area contributed by atoms with Gasteiger partial charge in [0.1, 0.15) is 6.61 Å². The Hall–Kier alpha value is -2.19. The minimum absolute atomic E-state index is 0.0517. The topological polar surface area (TPSA) is 99.1 Å². The summed E-state index contributed by atoms with van der Waals surface area (Å²) < 4.78 is 17.3. The number of rotatable bonds is 44. The molecule has 1 N–H and O–H groups in total. The molecule has 340 valence electrons. The van der Waals surface area contributed by atoms with Crippen LogP contribution in [0.3, 0.4) is 0 Å². The first-order chi connectivity index (χ1) is 28.1. The Kier molecular flexibility index (Phi) is 40.0. The SMILES string of the molecule is CCCCCCCC/C=C/CCCCCCCCCC(=O)OCC(COCCC(C(=O)O)[N+](C)(C)C)OC(=O)CCCCCCCCC/C=C/CCCCCCCC. The van der Waals surface area contributed by atoms with Crippen LogP contribution in [0.2, 0.25) is 0 Å². The molecule has 0 amide bonds. The molecule has 0 spiro atoms. The molecular weight excluding hydrogens is 727 g/mol. The van der Waals surface area contributed by atoms with Gasteiger partial charge in [-0.25, -0.2) is 4.79 Å². The summed E-state index contributed by atoms with van der Waals surface area (Å²) in [5.74, 6) is -1.47. The zero-order valence-electron chi connectivity index (χ0n) is 38.8. The smallest absolute Gasteiger partial charge is 0.362 e. The van der Waals surface area contributed by atoms with Crippen LogP contribution in [0.15, 0.2) is 24.3 Å². The van der Waals surface area contributed by atoms with Crippen LogP contribution in [0.5, 0.6) is 0 Å². The summed E-state index contributed by atoms with van der Waals surface area (Å²) in [5, 5.41) is 9.64. The predicted octanol–water partition coefficient (Wildman–Crippen LogP) is 13.6. The van der Waals surface area contributed by atoms with E-state index in [0.29, 0.717) is 19.3 Å². The van der Waals surface area contributed by atoms with Gasteiger partial charge in [0.15, 0.2) is 12.1 Å². The fourth-order valence-electron chi connectivity index (χ4n) is 7.26. The summed E-state index contributed by atoms with van der Waals surface area (Å²) in [5.41, 5.74) is 0. The first kappa shape index (κ1) is 55.8. The molecule has 0 bridgehead atoms. The molecule has 0 aliphatic carbocycles. The van der Waals surface area contributed by atoms with Crippen LogP contribution < -0.4 is 0 Å². The average Bonchev–Trinajstić information content (AvgIpc) is 3.18. The van der Waals surface area contributed by atoms with Crippen molar-refractivity contribution in [3.05, 3.63) is 24.3 Å². The highest BCUT2D eigenvalue weighted by atomic mass is 16.6. The Morgan fingerprint density at radius 1 is 0.500 bits per heavy atom. The predicted molar refractivity (Wildman–Crippen MR) is 243 cm³/mol. The van der Waals surface area contributed by atoms with Crippen molar-refractivity contribution in [1.82, 2.24) is 0 Å². The molecule has 58 heavy (non-hydrogen) atoms. The highest BCUT2D eigenvalue weighted by Gasteiger charge is 2.31. The molecule has 2 atom stereocenters. The number of carboxylic acid groups (broad SMARTS) is 1. The number of ether oxygens (including phenoxy) is 3. The van der Waals surface area contributed by atoms with Gasteiger partial charge >= 0.3 is 17.9 Å². The van der Waals surface area contributed by atoms with E-state index >= 15 is 0 Å². The lowest BCUT2D eigenvalue weighted by Gasteiger charge is -2.31. The number of unbranched alkanes of at least 4 members (excludes halogenated alkanes) is 26. The number of esters is 2. The molecule has 0 aromatic carbocycles. The van der Waals surface area contributed by atoms with Crippen molar-refractivity contribution in [2.45, 2.75) is 238 Å². The molecule has 0 saturated heterocycles. The maximum absolute atomic E-state index is 12.8. The molecule has 0 saturated carbocycles. The number of quaternary nitrogens is 1. The number of aliphatic carboxylic acids is 1. The molecule has 0 aromatic heterocycles. The third-order valence-corrected chi connectivity index (χ3v) is 11.1. The van der Waals surface area contributed by atoms with Gasteiger partial charge < -0.3 is 23.8 Å². The molecule has 0 radical (unpaired) electrons. The van der Waals surface area contributed by atoms with E-state index in [4.69, 9.17) is 14.2 Å². The Labute approximate surface area is 358 Å². The third kappa shape index (κ3) is 39.3. The van der Waals surface area contributed by atoms with Gasteiger partial charge in [0.25, 0.3) is 0 Å². The Morgan fingerprint density at radius 2 is 0.862 bits per heavy atom. The summed E-state index contributed by atoms with van der Waals surface area (Å²) in [6.07, 6.45) is 46.4. The van der Waals surface area contributed by atoms with Crippen molar-refractivity contribution in [2.24, 2.45) is 0 Å². The molecule has 0 aliphatic rings. The molecule has 0 fully saturated rings. The molecule has 0 rings (SSSR count). The normalized spacial score (nSPS) is 13.1. The fraction of sp³-hybridized carbons (Fsp3) is 0.860. The maximum atomic E-state index is 12.8. The molecule has 0 aliphatic heterocycles. The zero-order valence-corrected chi connectivity index (χ0v) is 38.8. The van der Waals surface area contributed by atoms with Gasteiger partial charge in [-0.05, 0) is 64.2 Å².